The van der Waals surface area contributed by atoms with Gasteiger partial charge in [-0.1, -0.05) is 35.4 Å². The van der Waals surface area contributed by atoms with Gasteiger partial charge in [-0.05, 0) is 79.9 Å². The van der Waals surface area contributed by atoms with Gasteiger partial charge in [-0.15, -0.1) is 0 Å². The molecule has 58 heavy (non-hydrogen) atoms. The fraction of sp³-hybridized carbons (Fsp3) is 0.658. The molecule has 4 rings (SSSR count). The molecule has 0 bridgehead atoms. The van der Waals surface area contributed by atoms with Crippen molar-refractivity contribution in [3.63, 3.8) is 0 Å². The van der Waals surface area contributed by atoms with E-state index in [1.165, 1.54) is 10.8 Å². The number of aliphatic hydroxyl groups is 4. The van der Waals surface area contributed by atoms with Crippen molar-refractivity contribution in [1.82, 2.24) is 20.1 Å². The highest BCUT2D eigenvalue weighted by Gasteiger charge is 2.43. The second kappa shape index (κ2) is 23.1. The minimum absolute atomic E-state index is 0.00201. The van der Waals surface area contributed by atoms with Crippen molar-refractivity contribution in [1.29, 1.82) is 0 Å². The number of carbonyl (C=O) groups is 5. The SMILES string of the molecule is C/C(=C(\CCOC(=O)CCCC(=O)OC1CCC(N(C)C(=O)c2ccc3nonc3c2)CC1)SSCCC(C)C)N(C=O)CC(=O)OCC1OC(O)C(O)[C@H](O)C1O. The van der Waals surface area contributed by atoms with Crippen molar-refractivity contribution in [2.45, 2.75) is 121 Å². The molecule has 0 radical (unpaired) electrons. The number of ether oxygens (including phenoxy) is 4. The number of hydrogen-bond acceptors (Lipinski definition) is 18. The Morgan fingerprint density at radius 1 is 0.931 bits per heavy atom. The third kappa shape index (κ3) is 13.9. The van der Waals surface area contributed by atoms with Crippen LogP contribution in [0.2, 0.25) is 0 Å². The normalized spacial score (nSPS) is 23.8. The molecular formula is C38H54N4O14S2. The molecule has 1 saturated carbocycles. The van der Waals surface area contributed by atoms with Crippen LogP contribution in [0.1, 0.15) is 88.9 Å². The van der Waals surface area contributed by atoms with Gasteiger partial charge in [0.25, 0.3) is 5.91 Å². The Labute approximate surface area is 344 Å². The van der Waals surface area contributed by atoms with E-state index in [4.69, 9.17) is 23.6 Å². The van der Waals surface area contributed by atoms with Crippen LogP contribution < -0.4 is 0 Å². The summed E-state index contributed by atoms with van der Waals surface area (Å²) in [6.45, 7) is 4.79. The van der Waals surface area contributed by atoms with Crippen molar-refractivity contribution in [2.24, 2.45) is 5.92 Å². The average Bonchev–Trinajstić information content (AvgIpc) is 3.68. The highest BCUT2D eigenvalue weighted by Crippen LogP contribution is 2.36. The Hall–Kier alpha value is -3.79. The van der Waals surface area contributed by atoms with E-state index >= 15 is 0 Å². The van der Waals surface area contributed by atoms with E-state index in [-0.39, 0.29) is 50.3 Å². The number of allylic oxidation sites excluding steroid dienone is 1. The van der Waals surface area contributed by atoms with Gasteiger partial charge in [-0.3, -0.25) is 24.0 Å². The maximum absolute atomic E-state index is 13.1. The van der Waals surface area contributed by atoms with Gasteiger partial charge in [0, 0.05) is 54.3 Å². The van der Waals surface area contributed by atoms with Crippen LogP contribution in [-0.2, 0) is 38.1 Å². The number of carbonyl (C=O) groups excluding carboxylic acids is 5. The van der Waals surface area contributed by atoms with Gasteiger partial charge < -0.3 is 49.2 Å². The number of fused-ring (bicyclic) bond motifs is 1. The van der Waals surface area contributed by atoms with Gasteiger partial charge in [0.05, 0.1) is 6.61 Å². The van der Waals surface area contributed by atoms with E-state index < -0.39 is 61.8 Å². The number of aromatic nitrogens is 2. The Morgan fingerprint density at radius 3 is 2.34 bits per heavy atom. The zero-order valence-corrected chi connectivity index (χ0v) is 34.7. The fourth-order valence-electron chi connectivity index (χ4n) is 6.29. The van der Waals surface area contributed by atoms with Crippen LogP contribution in [0.4, 0.5) is 0 Å². The largest absolute Gasteiger partial charge is 0.465 e. The molecule has 1 aromatic heterocycles. The molecule has 2 heterocycles. The first-order chi connectivity index (χ1) is 27.7. The molecule has 1 aliphatic carbocycles. The molecule has 2 amide bonds. The van der Waals surface area contributed by atoms with Crippen LogP contribution in [0, 0.1) is 5.92 Å². The third-order valence-corrected chi connectivity index (χ3v) is 12.6. The van der Waals surface area contributed by atoms with Crippen molar-refractivity contribution in [3.8, 4) is 0 Å². The van der Waals surface area contributed by atoms with Gasteiger partial charge in [0.15, 0.2) is 6.29 Å². The molecule has 1 saturated heterocycles. The zero-order chi connectivity index (χ0) is 42.4. The maximum atomic E-state index is 13.1. The predicted octanol–water partition coefficient (Wildman–Crippen LogP) is 2.71. The van der Waals surface area contributed by atoms with E-state index in [9.17, 15) is 44.4 Å². The number of rotatable bonds is 21. The summed E-state index contributed by atoms with van der Waals surface area (Å²) in [6, 6.07) is 5.01. The number of amides is 2. The minimum Gasteiger partial charge on any atom is -0.465 e. The van der Waals surface area contributed by atoms with E-state index in [0.717, 1.165) is 17.1 Å². The van der Waals surface area contributed by atoms with E-state index in [1.54, 1.807) is 47.9 Å². The van der Waals surface area contributed by atoms with Gasteiger partial charge in [-0.25, -0.2) is 4.63 Å². The fourth-order valence-corrected chi connectivity index (χ4v) is 9.06. The molecular weight excluding hydrogens is 801 g/mol. The van der Waals surface area contributed by atoms with Crippen LogP contribution in [0.15, 0.2) is 33.4 Å². The Bertz CT molecular complexity index is 1720. The number of nitrogens with zero attached hydrogens (tertiary/aromatic N) is 4. The predicted molar refractivity (Wildman–Crippen MR) is 210 cm³/mol. The zero-order valence-electron chi connectivity index (χ0n) is 33.1. The summed E-state index contributed by atoms with van der Waals surface area (Å²) in [5.74, 6) is -0.617. The molecule has 2 aromatic rings. The first-order valence-electron chi connectivity index (χ1n) is 19.3. The minimum atomic E-state index is -1.79. The number of benzene rings is 1. The van der Waals surface area contributed by atoms with Crippen LogP contribution in [0.3, 0.4) is 0 Å². The second-order valence-electron chi connectivity index (χ2n) is 14.7. The van der Waals surface area contributed by atoms with Gasteiger partial charge in [0.1, 0.15) is 54.7 Å². The molecule has 1 aromatic carbocycles. The maximum Gasteiger partial charge on any atom is 0.326 e. The van der Waals surface area contributed by atoms with Crippen LogP contribution >= 0.6 is 21.6 Å². The summed E-state index contributed by atoms with van der Waals surface area (Å²) in [5.41, 5.74) is 2.00. The molecule has 322 valence electrons. The summed E-state index contributed by atoms with van der Waals surface area (Å²) < 4.78 is 26.0. The lowest BCUT2D eigenvalue weighted by Crippen LogP contribution is -2.58. The average molecular weight is 855 g/mol. The molecule has 18 nitrogen and oxygen atoms in total. The quantitative estimate of drug-likeness (QED) is 0.0463. The lowest BCUT2D eigenvalue weighted by atomic mass is 9.91. The summed E-state index contributed by atoms with van der Waals surface area (Å²) >= 11 is 0. The smallest absolute Gasteiger partial charge is 0.326 e. The molecule has 4 N–H and O–H groups in total. The van der Waals surface area contributed by atoms with Gasteiger partial charge >= 0.3 is 17.9 Å². The lowest BCUT2D eigenvalue weighted by molar-refractivity contribution is -0.287. The molecule has 1 aliphatic heterocycles. The first kappa shape index (κ1) is 46.9. The summed E-state index contributed by atoms with van der Waals surface area (Å²) in [6.07, 6.45) is -3.97. The molecule has 2 fully saturated rings. The monoisotopic (exact) mass is 854 g/mol. The Balaban J connectivity index is 1.17. The number of esters is 3. The van der Waals surface area contributed by atoms with Crippen molar-refractivity contribution in [3.05, 3.63) is 34.4 Å². The topological polar surface area (TPSA) is 249 Å². The molecule has 5 atom stereocenters. The van der Waals surface area contributed by atoms with Crippen LogP contribution in [0.5, 0.6) is 0 Å². The lowest BCUT2D eigenvalue weighted by Gasteiger charge is -2.37. The van der Waals surface area contributed by atoms with E-state index in [1.807, 2.05) is 0 Å². The molecule has 2 aliphatic rings. The summed E-state index contributed by atoms with van der Waals surface area (Å²) in [7, 11) is 4.72. The van der Waals surface area contributed by atoms with Crippen molar-refractivity contribution in [2.75, 3.05) is 32.6 Å². The number of hydrogen-bond donors (Lipinski definition) is 4. The van der Waals surface area contributed by atoms with Crippen molar-refractivity contribution >= 4 is 62.8 Å². The van der Waals surface area contributed by atoms with Crippen molar-refractivity contribution < 1.29 is 68.0 Å². The third-order valence-electron chi connectivity index (χ3n) is 9.96. The van der Waals surface area contributed by atoms with Crippen LogP contribution in [0.25, 0.3) is 11.0 Å². The summed E-state index contributed by atoms with van der Waals surface area (Å²) in [4.78, 5) is 66.5. The highest BCUT2D eigenvalue weighted by atomic mass is 33.1. The van der Waals surface area contributed by atoms with E-state index in [2.05, 4.69) is 24.2 Å². The van der Waals surface area contributed by atoms with E-state index in [0.29, 0.717) is 65.2 Å². The van der Waals surface area contributed by atoms with Crippen LogP contribution in [-0.4, -0.2) is 146 Å². The van der Waals surface area contributed by atoms with Gasteiger partial charge in [0.2, 0.25) is 6.41 Å². The first-order valence-corrected chi connectivity index (χ1v) is 21.6. The standard InChI is InChI=1S/C38H54N4O14S2/c1-22(2)15-17-57-58-30(23(3)42(21-43)19-33(46)53-20-29-34(47)35(48)36(49)38(51)55-29)14-16-52-31(44)6-5-7-32(45)54-26-11-9-25(10-12-26)41(4)37(50)24-8-13-27-28(18-24)40-56-39-27/h8,13,18,21-22,25-26,29,34-36,38,47-49,51H,5-7,9-12,14-17,19-20H2,1-4H3/b30-23-/t25?,26?,29?,34?,35-,36?,38?/m1/s1. The molecule has 0 spiro atoms. The highest BCUT2D eigenvalue weighted by molar-refractivity contribution is 8.78. The molecule has 20 heteroatoms. The summed E-state index contributed by atoms with van der Waals surface area (Å²) in [5, 5.41) is 46.9. The number of aliphatic hydroxyl groups excluding tert-OH is 4. The Kier molecular flexibility index (Phi) is 18.7. The van der Waals surface area contributed by atoms with Gasteiger partial charge in [-0.2, -0.15) is 0 Å². The Morgan fingerprint density at radius 2 is 1.64 bits per heavy atom. The second-order valence-corrected chi connectivity index (χ2v) is 17.2. The molecule has 4 unspecified atom stereocenters.